The summed E-state index contributed by atoms with van der Waals surface area (Å²) in [6.07, 6.45) is 2.62. The number of hydrogen-bond donors (Lipinski definition) is 1. The van der Waals surface area contributed by atoms with Crippen LogP contribution >= 0.6 is 15.9 Å². The van der Waals surface area contributed by atoms with E-state index in [1.807, 2.05) is 37.8 Å². The quantitative estimate of drug-likeness (QED) is 0.792. The minimum atomic E-state index is -0.457. The van der Waals surface area contributed by atoms with Gasteiger partial charge in [0.05, 0.1) is 0 Å². The van der Waals surface area contributed by atoms with Crippen LogP contribution in [0.5, 0.6) is 0 Å². The van der Waals surface area contributed by atoms with Crippen LogP contribution in [0.2, 0.25) is 0 Å². The molecule has 1 atom stereocenters. The maximum absolute atomic E-state index is 12.4. The summed E-state index contributed by atoms with van der Waals surface area (Å²) in [5, 5.41) is 1.09. The van der Waals surface area contributed by atoms with Gasteiger partial charge in [0.1, 0.15) is 15.9 Å². The van der Waals surface area contributed by atoms with Crippen LogP contribution in [-0.2, 0) is 11.2 Å². The summed E-state index contributed by atoms with van der Waals surface area (Å²) in [7, 11) is 0. The van der Waals surface area contributed by atoms with E-state index >= 15 is 0 Å². The van der Waals surface area contributed by atoms with Crippen LogP contribution in [0.1, 0.15) is 39.3 Å². The second kappa shape index (κ2) is 6.15. The molecule has 0 radical (unpaired) electrons. The fourth-order valence-corrected chi connectivity index (χ4v) is 3.32. The van der Waals surface area contributed by atoms with Gasteiger partial charge < -0.3 is 14.6 Å². The van der Waals surface area contributed by atoms with Gasteiger partial charge in [-0.3, -0.25) is 0 Å². The molecule has 0 spiro atoms. The molecule has 0 aliphatic carbocycles. The van der Waals surface area contributed by atoms with Crippen molar-refractivity contribution in [1.29, 1.82) is 0 Å². The molecule has 2 aromatic heterocycles. The second-order valence-corrected chi connectivity index (χ2v) is 7.85. The molecule has 2 aromatic rings. The van der Waals surface area contributed by atoms with E-state index in [9.17, 15) is 4.79 Å². The highest BCUT2D eigenvalue weighted by molar-refractivity contribution is 9.10. The number of carbonyl (C=O) groups excluding carboxylic acids is 1. The maximum Gasteiger partial charge on any atom is 0.410 e. The zero-order chi connectivity index (χ0) is 16.6. The van der Waals surface area contributed by atoms with Crippen molar-refractivity contribution in [3.8, 4) is 0 Å². The predicted octanol–water partition coefficient (Wildman–Crippen LogP) is 4.27. The molecule has 1 aliphatic heterocycles. The topological polar surface area (TPSA) is 58.2 Å². The number of carbonyl (C=O) groups is 1. The number of halogens is 1. The second-order valence-electron chi connectivity index (χ2n) is 7.04. The SMILES string of the molecule is CC(C)(C)OC(=O)N1CCC[C@@H]1Cc1cc2ccc(Br)nc2[nH]1. The number of nitrogens with zero attached hydrogens (tertiary/aromatic N) is 2. The highest BCUT2D eigenvalue weighted by Crippen LogP contribution is 2.25. The van der Waals surface area contributed by atoms with Crippen LogP contribution < -0.4 is 0 Å². The average Bonchev–Trinajstić information content (AvgIpc) is 3.02. The molecule has 0 bridgehead atoms. The van der Waals surface area contributed by atoms with Crippen LogP contribution in [0.3, 0.4) is 0 Å². The fraction of sp³-hybridized carbons (Fsp3) is 0.529. The Morgan fingerprint density at radius 3 is 3.00 bits per heavy atom. The van der Waals surface area contributed by atoms with E-state index in [0.29, 0.717) is 0 Å². The third-order valence-electron chi connectivity index (χ3n) is 3.96. The van der Waals surface area contributed by atoms with Crippen molar-refractivity contribution in [2.45, 2.75) is 51.7 Å². The van der Waals surface area contributed by atoms with Gasteiger partial charge in [-0.1, -0.05) is 0 Å². The molecule has 23 heavy (non-hydrogen) atoms. The number of aromatic nitrogens is 2. The van der Waals surface area contributed by atoms with Crippen LogP contribution in [0, 0.1) is 0 Å². The summed E-state index contributed by atoms with van der Waals surface area (Å²) in [5.41, 5.74) is 1.52. The molecular weight excluding hydrogens is 358 g/mol. The number of nitrogens with one attached hydrogen (secondary N) is 1. The number of H-pyrrole nitrogens is 1. The Balaban J connectivity index is 1.73. The third-order valence-corrected chi connectivity index (χ3v) is 4.40. The molecule has 124 valence electrons. The Kier molecular flexibility index (Phi) is 4.36. The van der Waals surface area contributed by atoms with Gasteiger partial charge in [0.15, 0.2) is 0 Å². The van der Waals surface area contributed by atoms with E-state index < -0.39 is 5.60 Å². The number of aromatic amines is 1. The van der Waals surface area contributed by atoms with Crippen LogP contribution in [0.4, 0.5) is 4.79 Å². The highest BCUT2D eigenvalue weighted by atomic mass is 79.9. The lowest BCUT2D eigenvalue weighted by atomic mass is 10.1. The number of hydrogen-bond acceptors (Lipinski definition) is 3. The van der Waals surface area contributed by atoms with E-state index in [2.05, 4.69) is 32.0 Å². The van der Waals surface area contributed by atoms with Crippen molar-refractivity contribution < 1.29 is 9.53 Å². The van der Waals surface area contributed by atoms with E-state index in [1.54, 1.807) is 0 Å². The minimum Gasteiger partial charge on any atom is -0.444 e. The zero-order valence-corrected chi connectivity index (χ0v) is 15.3. The van der Waals surface area contributed by atoms with E-state index in [4.69, 9.17) is 4.74 Å². The van der Waals surface area contributed by atoms with Crippen LogP contribution in [0.25, 0.3) is 11.0 Å². The van der Waals surface area contributed by atoms with E-state index in [-0.39, 0.29) is 12.1 Å². The van der Waals surface area contributed by atoms with Gasteiger partial charge in [-0.15, -0.1) is 0 Å². The number of fused-ring (bicyclic) bond motifs is 1. The van der Waals surface area contributed by atoms with Crippen molar-refractivity contribution in [3.63, 3.8) is 0 Å². The number of amides is 1. The standard InChI is InChI=1S/C17H22BrN3O2/c1-17(2,3)23-16(22)21-8-4-5-13(21)10-12-9-11-6-7-14(18)20-15(11)19-12/h6-7,9,13H,4-5,8,10H2,1-3H3,(H,19,20)/t13-/m1/s1. The van der Waals surface area contributed by atoms with Gasteiger partial charge in [0.2, 0.25) is 0 Å². The largest absolute Gasteiger partial charge is 0.444 e. The molecule has 0 unspecified atom stereocenters. The number of ether oxygens (including phenoxy) is 1. The van der Waals surface area contributed by atoms with Crippen molar-refractivity contribution in [1.82, 2.24) is 14.9 Å². The summed E-state index contributed by atoms with van der Waals surface area (Å²) < 4.78 is 6.34. The van der Waals surface area contributed by atoms with Gasteiger partial charge in [0, 0.05) is 30.1 Å². The third kappa shape index (κ3) is 3.86. The maximum atomic E-state index is 12.4. The molecule has 1 amide bonds. The van der Waals surface area contributed by atoms with Gasteiger partial charge in [0.25, 0.3) is 0 Å². The highest BCUT2D eigenvalue weighted by Gasteiger charge is 2.32. The average molecular weight is 380 g/mol. The Labute approximate surface area is 144 Å². The molecule has 6 heteroatoms. The number of rotatable bonds is 2. The molecule has 1 saturated heterocycles. The van der Waals surface area contributed by atoms with Gasteiger partial charge in [-0.05, 0) is 67.7 Å². The van der Waals surface area contributed by atoms with E-state index in [0.717, 1.165) is 47.1 Å². The molecule has 5 nitrogen and oxygen atoms in total. The normalized spacial score (nSPS) is 18.6. The monoisotopic (exact) mass is 379 g/mol. The lowest BCUT2D eigenvalue weighted by molar-refractivity contribution is 0.0226. The van der Waals surface area contributed by atoms with Crippen molar-refractivity contribution >= 4 is 33.1 Å². The van der Waals surface area contributed by atoms with Gasteiger partial charge >= 0.3 is 6.09 Å². The number of likely N-dealkylation sites (tertiary alicyclic amines) is 1. The molecule has 1 N–H and O–H groups in total. The summed E-state index contributed by atoms with van der Waals surface area (Å²) in [6.45, 7) is 6.47. The van der Waals surface area contributed by atoms with Gasteiger partial charge in [-0.2, -0.15) is 0 Å². The fourth-order valence-electron chi connectivity index (χ4n) is 3.01. The number of pyridine rings is 1. The summed E-state index contributed by atoms with van der Waals surface area (Å²) in [5.74, 6) is 0. The molecular formula is C17H22BrN3O2. The summed E-state index contributed by atoms with van der Waals surface area (Å²) in [6, 6.07) is 6.26. The van der Waals surface area contributed by atoms with E-state index in [1.165, 1.54) is 0 Å². The first kappa shape index (κ1) is 16.3. The lowest BCUT2D eigenvalue weighted by Gasteiger charge is -2.28. The van der Waals surface area contributed by atoms with Crippen LogP contribution in [0.15, 0.2) is 22.8 Å². The minimum absolute atomic E-state index is 0.182. The van der Waals surface area contributed by atoms with Gasteiger partial charge in [-0.25, -0.2) is 9.78 Å². The summed E-state index contributed by atoms with van der Waals surface area (Å²) >= 11 is 3.39. The van der Waals surface area contributed by atoms with Crippen molar-refractivity contribution in [2.24, 2.45) is 0 Å². The molecule has 3 rings (SSSR count). The first-order chi connectivity index (χ1) is 10.8. The summed E-state index contributed by atoms with van der Waals surface area (Å²) in [4.78, 5) is 22.0. The van der Waals surface area contributed by atoms with Crippen molar-refractivity contribution in [3.05, 3.63) is 28.5 Å². The molecule has 1 aliphatic rings. The molecule has 0 aromatic carbocycles. The Hall–Kier alpha value is -1.56. The smallest absolute Gasteiger partial charge is 0.410 e. The zero-order valence-electron chi connectivity index (χ0n) is 13.7. The lowest BCUT2D eigenvalue weighted by Crippen LogP contribution is -2.40. The first-order valence-corrected chi connectivity index (χ1v) is 8.75. The van der Waals surface area contributed by atoms with Crippen molar-refractivity contribution in [2.75, 3.05) is 6.54 Å². The Morgan fingerprint density at radius 1 is 1.48 bits per heavy atom. The Morgan fingerprint density at radius 2 is 2.26 bits per heavy atom. The Bertz CT molecular complexity index is 720. The van der Waals surface area contributed by atoms with Crippen LogP contribution in [-0.4, -0.2) is 39.1 Å². The molecule has 3 heterocycles. The predicted molar refractivity (Wildman–Crippen MR) is 93.5 cm³/mol. The molecule has 1 fully saturated rings. The molecule has 0 saturated carbocycles. The first-order valence-electron chi connectivity index (χ1n) is 7.95.